The largest absolute Gasteiger partial charge is 0.481 e. The molecule has 0 fully saturated rings. The zero-order valence-corrected chi connectivity index (χ0v) is 7.84. The topological polar surface area (TPSA) is 127 Å². The summed E-state index contributed by atoms with van der Waals surface area (Å²) in [5.74, 6) is -3.61. The summed E-state index contributed by atoms with van der Waals surface area (Å²) in [6, 6.07) is -1.32. The summed E-state index contributed by atoms with van der Waals surface area (Å²) in [7, 11) is 0. The minimum Gasteiger partial charge on any atom is -0.481 e. The predicted octanol–water partition coefficient (Wildman–Crippen LogP) is -1.59. The van der Waals surface area contributed by atoms with Gasteiger partial charge in [0.05, 0.1) is 6.42 Å². The monoisotopic (exact) mass is 254 g/mol. The number of nitrogens with two attached hydrogens (primary N) is 1. The van der Waals surface area contributed by atoms with Gasteiger partial charge in [0.2, 0.25) is 0 Å². The normalized spacial score (nSPS) is 10.9. The third-order valence-electron chi connectivity index (χ3n) is 1.04. The molecule has 0 heterocycles. The van der Waals surface area contributed by atoms with Crippen LogP contribution in [-0.4, -0.2) is 40.8 Å². The van der Waals surface area contributed by atoms with Crippen molar-refractivity contribution in [2.45, 2.75) is 12.5 Å². The molecule has 0 saturated carbocycles. The van der Waals surface area contributed by atoms with Gasteiger partial charge in [0.15, 0.2) is 6.61 Å². The molecule has 85 valence electrons. The second kappa shape index (κ2) is 7.31. The first-order chi connectivity index (χ1) is 5.93. The van der Waals surface area contributed by atoms with Crippen LogP contribution in [0.25, 0.3) is 0 Å². The van der Waals surface area contributed by atoms with Gasteiger partial charge in [-0.3, -0.25) is 9.59 Å². The van der Waals surface area contributed by atoms with Crippen LogP contribution in [0.1, 0.15) is 6.42 Å². The van der Waals surface area contributed by atoms with Crippen LogP contribution in [0.3, 0.4) is 0 Å². The maximum atomic E-state index is 10.7. The number of carbonyl (C=O) groups excluding carboxylic acids is 1. The SMILES string of the molecule is N[C@@H](CC(=O)O)C(=O)OCC(=O)O.[Cu]. The molecule has 0 aromatic carbocycles. The Kier molecular flexibility index (Phi) is 8.02. The number of hydrogen-bond acceptors (Lipinski definition) is 5. The maximum absolute atomic E-state index is 10.7. The van der Waals surface area contributed by atoms with Crippen molar-refractivity contribution in [3.8, 4) is 0 Å². The maximum Gasteiger partial charge on any atom is 0.341 e. The van der Waals surface area contributed by atoms with Crippen molar-refractivity contribution >= 4 is 17.9 Å². The van der Waals surface area contributed by atoms with Crippen molar-refractivity contribution in [3.05, 3.63) is 0 Å². The van der Waals surface area contributed by atoms with Crippen LogP contribution in [0.2, 0.25) is 0 Å². The minimum atomic E-state index is -1.32. The van der Waals surface area contributed by atoms with Gasteiger partial charge in [0.1, 0.15) is 6.04 Å². The summed E-state index contributed by atoms with van der Waals surface area (Å²) in [6.07, 6.45) is -0.585. The zero-order chi connectivity index (χ0) is 10.4. The van der Waals surface area contributed by atoms with Crippen molar-refractivity contribution in [1.29, 1.82) is 0 Å². The van der Waals surface area contributed by atoms with Crippen molar-refractivity contribution in [1.82, 2.24) is 0 Å². The van der Waals surface area contributed by atoms with E-state index in [4.69, 9.17) is 15.9 Å². The van der Waals surface area contributed by atoms with Crippen LogP contribution >= 0.6 is 0 Å². The number of ether oxygens (including phenoxy) is 1. The Morgan fingerprint density at radius 1 is 1.21 bits per heavy atom. The summed E-state index contributed by atoms with van der Waals surface area (Å²) in [4.78, 5) is 30.7. The van der Waals surface area contributed by atoms with E-state index in [2.05, 4.69) is 4.74 Å². The molecule has 0 aliphatic carbocycles. The molecule has 1 atom stereocenters. The van der Waals surface area contributed by atoms with Crippen LogP contribution in [-0.2, 0) is 36.2 Å². The summed E-state index contributed by atoms with van der Waals surface area (Å²) < 4.78 is 4.14. The number of hydrogen-bond donors (Lipinski definition) is 3. The molecule has 7 nitrogen and oxygen atoms in total. The van der Waals surface area contributed by atoms with Gasteiger partial charge in [-0.05, 0) is 0 Å². The third-order valence-corrected chi connectivity index (χ3v) is 1.04. The predicted molar refractivity (Wildman–Crippen MR) is 38.8 cm³/mol. The van der Waals surface area contributed by atoms with Gasteiger partial charge in [-0.1, -0.05) is 0 Å². The van der Waals surface area contributed by atoms with Crippen LogP contribution in [0, 0.1) is 0 Å². The Bertz CT molecular complexity index is 230. The number of aliphatic carboxylic acids is 2. The molecule has 1 radical (unpaired) electrons. The molecule has 0 amide bonds. The standard InChI is InChI=1S/C6H9NO6.Cu/c7-3(1-4(8)9)6(12)13-2-5(10)11;/h3H,1-2,7H2,(H,8,9)(H,10,11);/t3-;/m0./s1. The fraction of sp³-hybridized carbons (Fsp3) is 0.500. The quantitative estimate of drug-likeness (QED) is 0.399. The molecule has 0 spiro atoms. The fourth-order valence-electron chi connectivity index (χ4n) is 0.511. The van der Waals surface area contributed by atoms with E-state index in [1.807, 2.05) is 0 Å². The van der Waals surface area contributed by atoms with E-state index >= 15 is 0 Å². The Hall–Kier alpha value is -1.11. The van der Waals surface area contributed by atoms with E-state index in [1.165, 1.54) is 0 Å². The molecule has 0 unspecified atom stereocenters. The van der Waals surface area contributed by atoms with Crippen LogP contribution in [0.15, 0.2) is 0 Å². The van der Waals surface area contributed by atoms with E-state index in [-0.39, 0.29) is 17.1 Å². The van der Waals surface area contributed by atoms with Crippen molar-refractivity contribution in [2.75, 3.05) is 6.61 Å². The van der Waals surface area contributed by atoms with Gasteiger partial charge in [-0.15, -0.1) is 0 Å². The number of carboxylic acids is 2. The van der Waals surface area contributed by atoms with Crippen LogP contribution < -0.4 is 5.73 Å². The molecule has 4 N–H and O–H groups in total. The summed E-state index contributed by atoms with van der Waals surface area (Å²) in [5, 5.41) is 16.3. The van der Waals surface area contributed by atoms with Crippen molar-refractivity contribution < 1.29 is 46.4 Å². The van der Waals surface area contributed by atoms with E-state index in [1.54, 1.807) is 0 Å². The summed E-state index contributed by atoms with van der Waals surface area (Å²) >= 11 is 0. The van der Waals surface area contributed by atoms with E-state index in [9.17, 15) is 14.4 Å². The molecule has 8 heteroatoms. The van der Waals surface area contributed by atoms with E-state index < -0.39 is 37.0 Å². The number of esters is 1. The molecule has 14 heavy (non-hydrogen) atoms. The molecule has 0 rings (SSSR count). The smallest absolute Gasteiger partial charge is 0.341 e. The number of carbonyl (C=O) groups is 3. The molecule has 0 saturated heterocycles. The minimum absolute atomic E-state index is 0. The first-order valence-corrected chi connectivity index (χ1v) is 3.29. The summed E-state index contributed by atoms with van der Waals surface area (Å²) in [6.45, 7) is -0.813. The first kappa shape index (κ1) is 15.4. The first-order valence-electron chi connectivity index (χ1n) is 3.29. The molecule has 0 aliphatic rings. The van der Waals surface area contributed by atoms with Crippen molar-refractivity contribution in [3.63, 3.8) is 0 Å². The van der Waals surface area contributed by atoms with Gasteiger partial charge in [0, 0.05) is 17.1 Å². The molecule has 0 bridgehead atoms. The second-order valence-electron chi connectivity index (χ2n) is 2.21. The third kappa shape index (κ3) is 7.53. The summed E-state index contributed by atoms with van der Waals surface area (Å²) in [5.41, 5.74) is 5.06. The Labute approximate surface area is 89.7 Å². The van der Waals surface area contributed by atoms with E-state index in [0.717, 1.165) is 0 Å². The van der Waals surface area contributed by atoms with Gasteiger partial charge in [-0.25, -0.2) is 4.79 Å². The number of carboxylic acid groups (broad SMARTS) is 2. The molecule has 0 aliphatic heterocycles. The molecule has 0 aromatic rings. The average molecular weight is 255 g/mol. The Morgan fingerprint density at radius 3 is 2.07 bits per heavy atom. The van der Waals surface area contributed by atoms with Gasteiger partial charge in [0.25, 0.3) is 0 Å². The van der Waals surface area contributed by atoms with Crippen LogP contribution in [0.5, 0.6) is 0 Å². The van der Waals surface area contributed by atoms with E-state index in [0.29, 0.717) is 0 Å². The van der Waals surface area contributed by atoms with Crippen molar-refractivity contribution in [2.24, 2.45) is 5.73 Å². The average Bonchev–Trinajstić information content (AvgIpc) is 1.98. The number of rotatable bonds is 5. The van der Waals surface area contributed by atoms with Gasteiger partial charge >= 0.3 is 17.9 Å². The molecular weight excluding hydrogens is 246 g/mol. The molecule has 0 aromatic heterocycles. The van der Waals surface area contributed by atoms with Gasteiger partial charge < -0.3 is 20.7 Å². The Balaban J connectivity index is 0. The van der Waals surface area contributed by atoms with Crippen LogP contribution in [0.4, 0.5) is 0 Å². The Morgan fingerprint density at radius 2 is 1.71 bits per heavy atom. The van der Waals surface area contributed by atoms with Gasteiger partial charge in [-0.2, -0.15) is 0 Å². The second-order valence-corrected chi connectivity index (χ2v) is 2.21. The zero-order valence-electron chi connectivity index (χ0n) is 6.90. The fourth-order valence-corrected chi connectivity index (χ4v) is 0.511. The molecular formula is C6H9CuNO6.